The molecule has 0 spiro atoms. The summed E-state index contributed by atoms with van der Waals surface area (Å²) in [6, 6.07) is 13.0. The third-order valence-electron chi connectivity index (χ3n) is 5.44. The number of nitrogens with one attached hydrogen (secondary N) is 2. The van der Waals surface area contributed by atoms with Crippen molar-refractivity contribution < 1.29 is 13.2 Å². The molecule has 29 heavy (non-hydrogen) atoms. The number of H-pyrrole nitrogens is 1. The molecule has 0 aliphatic carbocycles. The predicted octanol–water partition coefficient (Wildman–Crippen LogP) is 1.93. The molecule has 1 amide bonds. The van der Waals surface area contributed by atoms with E-state index in [1.165, 1.54) is 17.0 Å². The molecule has 1 aromatic heterocycles. The number of aromatic amines is 1. The van der Waals surface area contributed by atoms with Crippen molar-refractivity contribution in [3.63, 3.8) is 0 Å². The molecule has 4 rings (SSSR count). The average molecular weight is 413 g/mol. The van der Waals surface area contributed by atoms with E-state index in [2.05, 4.69) is 16.4 Å². The molecule has 2 aromatic carbocycles. The lowest BCUT2D eigenvalue weighted by Crippen LogP contribution is -2.40. The number of hydrogen-bond donors (Lipinski definition) is 3. The monoisotopic (exact) mass is 412 g/mol. The van der Waals surface area contributed by atoms with Gasteiger partial charge in [0.05, 0.1) is 11.4 Å². The standard InChI is InChI=1S/C21H24N4O3S/c1-14-10-16-11-17(29(22,27)28)6-7-20(16)25(14)13-21(26)23-9-8-15-12-24-19-5-3-2-4-18(15)19/h2-7,11-12,14,24H,8-10,13H2,1H3,(H,23,26)(H2,22,27,28)/t14-/m1/s1. The lowest BCUT2D eigenvalue weighted by molar-refractivity contribution is -0.119. The van der Waals surface area contributed by atoms with E-state index in [0.717, 1.165) is 23.2 Å². The van der Waals surface area contributed by atoms with Crippen molar-refractivity contribution in [3.05, 3.63) is 59.8 Å². The fraction of sp³-hybridized carbons (Fsp3) is 0.286. The maximum Gasteiger partial charge on any atom is 0.239 e. The van der Waals surface area contributed by atoms with Crippen molar-refractivity contribution in [1.82, 2.24) is 10.3 Å². The lowest BCUT2D eigenvalue weighted by Gasteiger charge is -2.24. The smallest absolute Gasteiger partial charge is 0.239 e. The number of para-hydroxylation sites is 1. The summed E-state index contributed by atoms with van der Waals surface area (Å²) >= 11 is 0. The number of fused-ring (bicyclic) bond motifs is 2. The van der Waals surface area contributed by atoms with E-state index < -0.39 is 10.0 Å². The van der Waals surface area contributed by atoms with Crippen LogP contribution >= 0.6 is 0 Å². The van der Waals surface area contributed by atoms with Gasteiger partial charge in [0.25, 0.3) is 0 Å². The second-order valence-corrected chi connectivity index (χ2v) is 9.04. The zero-order valence-corrected chi connectivity index (χ0v) is 17.0. The number of aromatic nitrogens is 1. The SMILES string of the molecule is C[C@@H]1Cc2cc(S(N)(=O)=O)ccc2N1CC(=O)NCCc1c[nH]c2ccccc12. The van der Waals surface area contributed by atoms with E-state index >= 15 is 0 Å². The second-order valence-electron chi connectivity index (χ2n) is 7.48. The summed E-state index contributed by atoms with van der Waals surface area (Å²) in [7, 11) is -3.73. The van der Waals surface area contributed by atoms with Gasteiger partial charge in [0.2, 0.25) is 15.9 Å². The van der Waals surface area contributed by atoms with Crippen molar-refractivity contribution in [3.8, 4) is 0 Å². The average Bonchev–Trinajstić information content (AvgIpc) is 3.22. The normalized spacial score (nSPS) is 16.2. The fourth-order valence-electron chi connectivity index (χ4n) is 3.98. The maximum absolute atomic E-state index is 12.5. The van der Waals surface area contributed by atoms with Crippen LogP contribution in [-0.4, -0.2) is 38.4 Å². The van der Waals surface area contributed by atoms with Crippen LogP contribution < -0.4 is 15.4 Å². The van der Waals surface area contributed by atoms with Gasteiger partial charge in [-0.1, -0.05) is 18.2 Å². The number of primary sulfonamides is 1. The zero-order chi connectivity index (χ0) is 20.6. The van der Waals surface area contributed by atoms with Gasteiger partial charge in [-0.05, 0) is 55.2 Å². The van der Waals surface area contributed by atoms with Gasteiger partial charge in [-0.2, -0.15) is 0 Å². The molecule has 4 N–H and O–H groups in total. The molecular formula is C21H24N4O3S. The van der Waals surface area contributed by atoms with E-state index in [1.807, 2.05) is 36.2 Å². The molecule has 3 aromatic rings. The topological polar surface area (TPSA) is 108 Å². The number of nitrogens with zero attached hydrogens (tertiary/aromatic N) is 1. The fourth-order valence-corrected chi connectivity index (χ4v) is 4.54. The molecule has 1 aliphatic heterocycles. The number of hydrogen-bond acceptors (Lipinski definition) is 4. The van der Waals surface area contributed by atoms with Crippen LogP contribution in [-0.2, 0) is 27.7 Å². The van der Waals surface area contributed by atoms with E-state index in [-0.39, 0.29) is 23.4 Å². The van der Waals surface area contributed by atoms with Crippen molar-refractivity contribution in [2.75, 3.05) is 18.0 Å². The first-order chi connectivity index (χ1) is 13.8. The minimum atomic E-state index is -3.73. The number of nitrogens with two attached hydrogens (primary N) is 1. The summed E-state index contributed by atoms with van der Waals surface area (Å²) in [5.74, 6) is -0.0555. The molecule has 0 radical (unpaired) electrons. The summed E-state index contributed by atoms with van der Waals surface area (Å²) in [5, 5.41) is 9.39. The molecule has 1 atom stereocenters. The van der Waals surface area contributed by atoms with E-state index in [4.69, 9.17) is 5.14 Å². The molecule has 2 heterocycles. The Morgan fingerprint density at radius 3 is 2.86 bits per heavy atom. The van der Waals surface area contributed by atoms with Gasteiger partial charge in [0, 0.05) is 35.4 Å². The number of carbonyl (C=O) groups is 1. The van der Waals surface area contributed by atoms with Crippen LogP contribution in [0.4, 0.5) is 5.69 Å². The molecule has 7 nitrogen and oxygen atoms in total. The molecule has 0 fully saturated rings. The predicted molar refractivity (Wildman–Crippen MR) is 113 cm³/mol. The van der Waals surface area contributed by atoms with Crippen LogP contribution in [0, 0.1) is 0 Å². The number of amides is 1. The highest BCUT2D eigenvalue weighted by atomic mass is 32.2. The molecule has 0 saturated carbocycles. The Morgan fingerprint density at radius 1 is 1.28 bits per heavy atom. The second kappa shape index (κ2) is 7.53. The molecule has 0 bridgehead atoms. The summed E-state index contributed by atoms with van der Waals surface area (Å²) in [6.07, 6.45) is 3.42. The molecule has 0 saturated heterocycles. The van der Waals surface area contributed by atoms with Crippen LogP contribution in [0.1, 0.15) is 18.1 Å². The van der Waals surface area contributed by atoms with Gasteiger partial charge in [-0.15, -0.1) is 0 Å². The van der Waals surface area contributed by atoms with Gasteiger partial charge >= 0.3 is 0 Å². The van der Waals surface area contributed by atoms with Crippen molar-refractivity contribution in [2.45, 2.75) is 30.7 Å². The quantitative estimate of drug-likeness (QED) is 0.575. The minimum Gasteiger partial charge on any atom is -0.361 e. The Labute approximate surface area is 169 Å². The number of benzene rings is 2. The summed E-state index contributed by atoms with van der Waals surface area (Å²) in [4.78, 5) is 17.8. The van der Waals surface area contributed by atoms with Crippen molar-refractivity contribution >= 4 is 32.5 Å². The Morgan fingerprint density at radius 2 is 2.07 bits per heavy atom. The minimum absolute atomic E-state index is 0.0555. The highest BCUT2D eigenvalue weighted by Crippen LogP contribution is 2.33. The molecule has 1 aliphatic rings. The number of carbonyl (C=O) groups excluding carboxylic acids is 1. The summed E-state index contributed by atoms with van der Waals surface area (Å²) in [6.45, 7) is 2.81. The van der Waals surface area contributed by atoms with Gasteiger partial charge in [-0.3, -0.25) is 4.79 Å². The van der Waals surface area contributed by atoms with Crippen LogP contribution in [0.25, 0.3) is 10.9 Å². The van der Waals surface area contributed by atoms with E-state index in [0.29, 0.717) is 13.0 Å². The van der Waals surface area contributed by atoms with Gasteiger partial charge < -0.3 is 15.2 Å². The summed E-state index contributed by atoms with van der Waals surface area (Å²) in [5.41, 5.74) is 4.05. The largest absolute Gasteiger partial charge is 0.361 e. The van der Waals surface area contributed by atoms with Crippen LogP contribution in [0.5, 0.6) is 0 Å². The molecule has 152 valence electrons. The number of rotatable bonds is 6. The molecule has 8 heteroatoms. The zero-order valence-electron chi connectivity index (χ0n) is 16.2. The highest BCUT2D eigenvalue weighted by molar-refractivity contribution is 7.89. The number of anilines is 1. The highest BCUT2D eigenvalue weighted by Gasteiger charge is 2.28. The first-order valence-corrected chi connectivity index (χ1v) is 11.1. The van der Waals surface area contributed by atoms with Crippen molar-refractivity contribution in [1.29, 1.82) is 0 Å². The molecule has 0 unspecified atom stereocenters. The van der Waals surface area contributed by atoms with Crippen molar-refractivity contribution in [2.24, 2.45) is 5.14 Å². The van der Waals surface area contributed by atoms with Gasteiger partial charge in [-0.25, -0.2) is 13.6 Å². The third-order valence-corrected chi connectivity index (χ3v) is 6.35. The first kappa shape index (κ1) is 19.5. The van der Waals surface area contributed by atoms with Crippen LogP contribution in [0.15, 0.2) is 53.6 Å². The van der Waals surface area contributed by atoms with Crippen LogP contribution in [0.2, 0.25) is 0 Å². The maximum atomic E-state index is 12.5. The van der Waals surface area contributed by atoms with E-state index in [9.17, 15) is 13.2 Å². The van der Waals surface area contributed by atoms with E-state index in [1.54, 1.807) is 12.1 Å². The Bertz CT molecular complexity index is 1170. The molecular weight excluding hydrogens is 388 g/mol. The van der Waals surface area contributed by atoms with Gasteiger partial charge in [0.15, 0.2) is 0 Å². The third kappa shape index (κ3) is 3.99. The Kier molecular flexibility index (Phi) is 5.06. The Balaban J connectivity index is 1.38. The van der Waals surface area contributed by atoms with Crippen LogP contribution in [0.3, 0.4) is 0 Å². The Hall–Kier alpha value is -2.84. The lowest BCUT2D eigenvalue weighted by atomic mass is 10.1. The summed E-state index contributed by atoms with van der Waals surface area (Å²) < 4.78 is 23.1. The number of sulfonamides is 1. The first-order valence-electron chi connectivity index (χ1n) is 9.57. The van der Waals surface area contributed by atoms with Gasteiger partial charge in [0.1, 0.15) is 0 Å².